The number of nitrogens with one attached hydrogen (secondary N) is 1. The Morgan fingerprint density at radius 3 is 2.76 bits per heavy atom. The molecule has 2 aliphatic rings. The maximum Gasteiger partial charge on any atom is 0.144 e. The summed E-state index contributed by atoms with van der Waals surface area (Å²) in [6.07, 6.45) is 9.90. The first-order valence-electron chi connectivity index (χ1n) is 8.43. The molecule has 0 saturated heterocycles. The summed E-state index contributed by atoms with van der Waals surface area (Å²) >= 11 is 0. The van der Waals surface area contributed by atoms with E-state index in [0.29, 0.717) is 0 Å². The minimum atomic E-state index is 0.722. The molecule has 1 aromatic rings. The quantitative estimate of drug-likeness (QED) is 0.909. The molecule has 0 spiro atoms. The summed E-state index contributed by atoms with van der Waals surface area (Å²) in [5, 5.41) is 12.8. The minimum Gasteiger partial charge on any atom is -0.369 e. The average molecular weight is 283 g/mol. The second kappa shape index (κ2) is 6.47. The van der Waals surface area contributed by atoms with Crippen LogP contribution in [0.5, 0.6) is 0 Å². The minimum absolute atomic E-state index is 0.722. The lowest BCUT2D eigenvalue weighted by Gasteiger charge is -2.26. The Kier molecular flexibility index (Phi) is 4.43. The highest BCUT2D eigenvalue weighted by atomic mass is 15.0. The van der Waals surface area contributed by atoms with Gasteiger partial charge in [0.2, 0.25) is 0 Å². The summed E-state index contributed by atoms with van der Waals surface area (Å²) in [5.74, 6) is 2.44. The first-order chi connectivity index (χ1) is 10.3. The Hall–Kier alpha value is -1.56. The van der Waals surface area contributed by atoms with Gasteiger partial charge in [-0.1, -0.05) is 19.8 Å². The van der Waals surface area contributed by atoms with Gasteiger partial charge in [-0.3, -0.25) is 0 Å². The van der Waals surface area contributed by atoms with Crippen molar-refractivity contribution in [2.75, 3.05) is 11.9 Å². The lowest BCUT2D eigenvalue weighted by atomic mass is 9.83. The number of aryl methyl sites for hydroxylation is 2. The lowest BCUT2D eigenvalue weighted by Crippen LogP contribution is -2.21. The van der Waals surface area contributed by atoms with E-state index >= 15 is 0 Å². The smallest absolute Gasteiger partial charge is 0.144 e. The fourth-order valence-electron chi connectivity index (χ4n) is 3.63. The van der Waals surface area contributed by atoms with Crippen molar-refractivity contribution in [3.05, 3.63) is 22.9 Å². The lowest BCUT2D eigenvalue weighted by molar-refractivity contribution is 0.300. The van der Waals surface area contributed by atoms with Crippen LogP contribution in [0.1, 0.15) is 62.3 Å². The number of nitriles is 1. The molecular weight excluding hydrogens is 258 g/mol. The SMILES string of the molecule is CC1CCC(CNc2nc3c(cc2C#N)CCCC3)CC1. The van der Waals surface area contributed by atoms with Gasteiger partial charge in [-0.25, -0.2) is 4.98 Å². The van der Waals surface area contributed by atoms with Crippen LogP contribution in [0.25, 0.3) is 0 Å². The largest absolute Gasteiger partial charge is 0.369 e. The van der Waals surface area contributed by atoms with Crippen LogP contribution in [0.3, 0.4) is 0 Å². The maximum absolute atomic E-state index is 9.36. The molecule has 0 aliphatic heterocycles. The van der Waals surface area contributed by atoms with Crippen LogP contribution in [-0.4, -0.2) is 11.5 Å². The number of hydrogen-bond acceptors (Lipinski definition) is 3. The van der Waals surface area contributed by atoms with Crippen LogP contribution in [-0.2, 0) is 12.8 Å². The molecule has 0 unspecified atom stereocenters. The monoisotopic (exact) mass is 283 g/mol. The van der Waals surface area contributed by atoms with Crippen molar-refractivity contribution in [3.8, 4) is 6.07 Å². The molecule has 1 fully saturated rings. The Balaban J connectivity index is 1.68. The average Bonchev–Trinajstić information content (AvgIpc) is 2.53. The van der Waals surface area contributed by atoms with E-state index in [4.69, 9.17) is 4.98 Å². The molecule has 1 heterocycles. The third-order valence-electron chi connectivity index (χ3n) is 5.11. The molecule has 0 bridgehead atoms. The van der Waals surface area contributed by atoms with Crippen molar-refractivity contribution in [1.29, 1.82) is 5.26 Å². The molecule has 1 aromatic heterocycles. The molecule has 3 nitrogen and oxygen atoms in total. The zero-order valence-corrected chi connectivity index (χ0v) is 13.0. The summed E-state index contributed by atoms with van der Waals surface area (Å²) < 4.78 is 0. The Bertz CT molecular complexity index is 536. The van der Waals surface area contributed by atoms with Gasteiger partial charge < -0.3 is 5.32 Å². The molecule has 21 heavy (non-hydrogen) atoms. The molecule has 2 aliphatic carbocycles. The van der Waals surface area contributed by atoms with Gasteiger partial charge in [-0.2, -0.15) is 5.26 Å². The molecule has 3 rings (SSSR count). The van der Waals surface area contributed by atoms with Gasteiger partial charge in [0.15, 0.2) is 0 Å². The predicted octanol–water partition coefficient (Wildman–Crippen LogP) is 4.07. The first kappa shape index (κ1) is 14.4. The van der Waals surface area contributed by atoms with Gasteiger partial charge in [0.1, 0.15) is 11.9 Å². The highest BCUT2D eigenvalue weighted by Gasteiger charge is 2.19. The maximum atomic E-state index is 9.36. The van der Waals surface area contributed by atoms with Gasteiger partial charge in [0, 0.05) is 12.2 Å². The topological polar surface area (TPSA) is 48.7 Å². The van der Waals surface area contributed by atoms with E-state index < -0.39 is 0 Å². The number of aromatic nitrogens is 1. The number of anilines is 1. The number of hydrogen-bond donors (Lipinski definition) is 1. The first-order valence-corrected chi connectivity index (χ1v) is 8.43. The van der Waals surface area contributed by atoms with Crippen molar-refractivity contribution >= 4 is 5.82 Å². The predicted molar refractivity (Wildman–Crippen MR) is 85.2 cm³/mol. The van der Waals surface area contributed by atoms with E-state index in [1.807, 2.05) is 0 Å². The second-order valence-electron chi connectivity index (χ2n) is 6.82. The highest BCUT2D eigenvalue weighted by molar-refractivity contribution is 5.54. The molecule has 0 radical (unpaired) electrons. The molecule has 0 aromatic carbocycles. The fraction of sp³-hybridized carbons (Fsp3) is 0.667. The van der Waals surface area contributed by atoms with Crippen LogP contribution < -0.4 is 5.32 Å². The molecular formula is C18H25N3. The van der Waals surface area contributed by atoms with E-state index in [1.165, 1.54) is 49.8 Å². The highest BCUT2D eigenvalue weighted by Crippen LogP contribution is 2.29. The van der Waals surface area contributed by atoms with Gasteiger partial charge in [-0.15, -0.1) is 0 Å². The van der Waals surface area contributed by atoms with Gasteiger partial charge in [0.05, 0.1) is 5.56 Å². The fourth-order valence-corrected chi connectivity index (χ4v) is 3.63. The Labute approximate surface area is 127 Å². The van der Waals surface area contributed by atoms with E-state index in [2.05, 4.69) is 24.4 Å². The van der Waals surface area contributed by atoms with Crippen molar-refractivity contribution in [1.82, 2.24) is 4.98 Å². The molecule has 0 atom stereocenters. The molecule has 112 valence electrons. The number of fused-ring (bicyclic) bond motifs is 1. The van der Waals surface area contributed by atoms with E-state index in [9.17, 15) is 5.26 Å². The Morgan fingerprint density at radius 2 is 2.00 bits per heavy atom. The van der Waals surface area contributed by atoms with Crippen molar-refractivity contribution in [2.24, 2.45) is 11.8 Å². The van der Waals surface area contributed by atoms with Crippen molar-refractivity contribution < 1.29 is 0 Å². The van der Waals surface area contributed by atoms with Crippen LogP contribution in [0.15, 0.2) is 6.07 Å². The van der Waals surface area contributed by atoms with E-state index in [1.54, 1.807) is 0 Å². The van der Waals surface area contributed by atoms with E-state index in [0.717, 1.165) is 42.6 Å². The normalized spacial score (nSPS) is 25.0. The summed E-state index contributed by atoms with van der Waals surface area (Å²) in [6.45, 7) is 3.32. The molecule has 3 heteroatoms. The van der Waals surface area contributed by atoms with Crippen LogP contribution in [0.4, 0.5) is 5.82 Å². The molecule has 0 amide bonds. The summed E-state index contributed by atoms with van der Waals surface area (Å²) in [4.78, 5) is 4.75. The summed E-state index contributed by atoms with van der Waals surface area (Å²) in [5.41, 5.74) is 3.22. The van der Waals surface area contributed by atoms with Gasteiger partial charge >= 0.3 is 0 Å². The molecule has 1 saturated carbocycles. The third-order valence-corrected chi connectivity index (χ3v) is 5.11. The summed E-state index contributed by atoms with van der Waals surface area (Å²) in [6, 6.07) is 4.38. The third kappa shape index (κ3) is 3.37. The number of pyridine rings is 1. The number of rotatable bonds is 3. The van der Waals surface area contributed by atoms with Crippen LogP contribution >= 0.6 is 0 Å². The van der Waals surface area contributed by atoms with Crippen molar-refractivity contribution in [2.45, 2.75) is 58.3 Å². The van der Waals surface area contributed by atoms with Crippen molar-refractivity contribution in [3.63, 3.8) is 0 Å². The summed E-state index contributed by atoms with van der Waals surface area (Å²) in [7, 11) is 0. The van der Waals surface area contributed by atoms with E-state index in [-0.39, 0.29) is 0 Å². The van der Waals surface area contributed by atoms with Gasteiger partial charge in [-0.05, 0) is 62.0 Å². The van der Waals surface area contributed by atoms with Crippen LogP contribution in [0, 0.1) is 23.2 Å². The van der Waals surface area contributed by atoms with Crippen LogP contribution in [0.2, 0.25) is 0 Å². The van der Waals surface area contributed by atoms with Gasteiger partial charge in [0.25, 0.3) is 0 Å². The number of nitrogens with zero attached hydrogens (tertiary/aromatic N) is 2. The Morgan fingerprint density at radius 1 is 1.24 bits per heavy atom. The standard InChI is InChI=1S/C18H25N3/c1-13-6-8-14(9-7-13)12-20-18-16(11-19)10-15-4-2-3-5-17(15)21-18/h10,13-14H,2-9,12H2,1H3,(H,20,21). The zero-order valence-electron chi connectivity index (χ0n) is 13.0. The molecule has 1 N–H and O–H groups in total. The second-order valence-corrected chi connectivity index (χ2v) is 6.82. The zero-order chi connectivity index (χ0) is 14.7.